The summed E-state index contributed by atoms with van der Waals surface area (Å²) in [6, 6.07) is 13.7. The van der Waals surface area contributed by atoms with E-state index in [0.717, 1.165) is 5.56 Å². The van der Waals surface area contributed by atoms with Gasteiger partial charge < -0.3 is 15.4 Å². The largest absolute Gasteiger partial charge is 0.451 e. The van der Waals surface area contributed by atoms with Crippen LogP contribution in [0.25, 0.3) is 0 Å². The summed E-state index contributed by atoms with van der Waals surface area (Å²) >= 11 is 11.8. The molecule has 0 aliphatic carbocycles. The first-order valence-electron chi connectivity index (χ1n) is 8.11. The molecule has 2 aromatic carbocycles. The highest BCUT2D eigenvalue weighted by Gasteiger charge is 2.19. The number of anilines is 1. The van der Waals surface area contributed by atoms with E-state index in [2.05, 4.69) is 10.6 Å². The van der Waals surface area contributed by atoms with Gasteiger partial charge in [0.15, 0.2) is 6.10 Å². The fraction of sp³-hybridized carbons (Fsp3) is 0.211. The highest BCUT2D eigenvalue weighted by Crippen LogP contribution is 2.25. The molecule has 0 aliphatic rings. The van der Waals surface area contributed by atoms with Crippen LogP contribution in [-0.2, 0) is 25.5 Å². The zero-order valence-electron chi connectivity index (χ0n) is 14.5. The summed E-state index contributed by atoms with van der Waals surface area (Å²) in [4.78, 5) is 35.8. The molecule has 142 valence electrons. The molecule has 2 aromatic rings. The Bertz CT molecular complexity index is 828. The fourth-order valence-corrected chi connectivity index (χ4v) is 2.47. The number of hydrogen-bond acceptors (Lipinski definition) is 4. The van der Waals surface area contributed by atoms with Crippen molar-refractivity contribution in [1.29, 1.82) is 0 Å². The van der Waals surface area contributed by atoms with Crippen molar-refractivity contribution in [3.63, 3.8) is 0 Å². The second-order valence-electron chi connectivity index (χ2n) is 5.68. The van der Waals surface area contributed by atoms with E-state index >= 15 is 0 Å². The number of carbonyl (C=O) groups is 3. The van der Waals surface area contributed by atoms with Crippen LogP contribution in [0.4, 0.5) is 5.69 Å². The van der Waals surface area contributed by atoms with Gasteiger partial charge in [0, 0.05) is 5.02 Å². The monoisotopic (exact) mass is 408 g/mol. The van der Waals surface area contributed by atoms with E-state index in [1.54, 1.807) is 12.1 Å². The van der Waals surface area contributed by atoms with Gasteiger partial charge in [-0.3, -0.25) is 14.4 Å². The second kappa shape index (κ2) is 9.94. The predicted octanol–water partition coefficient (Wildman–Crippen LogP) is 3.22. The Hall–Kier alpha value is -2.57. The minimum absolute atomic E-state index is 0.150. The number of carbonyl (C=O) groups excluding carboxylic acids is 3. The number of ether oxygens (including phenoxy) is 1. The maximum Gasteiger partial charge on any atom is 0.326 e. The minimum Gasteiger partial charge on any atom is -0.451 e. The van der Waals surface area contributed by atoms with Crippen molar-refractivity contribution in [2.75, 3.05) is 11.9 Å². The lowest BCUT2D eigenvalue weighted by Crippen LogP contribution is -2.36. The van der Waals surface area contributed by atoms with Crippen molar-refractivity contribution >= 4 is 46.7 Å². The van der Waals surface area contributed by atoms with Gasteiger partial charge in [-0.05, 0) is 30.7 Å². The molecule has 6 nitrogen and oxygen atoms in total. The van der Waals surface area contributed by atoms with Crippen LogP contribution in [0.15, 0.2) is 48.5 Å². The Morgan fingerprint density at radius 1 is 1.07 bits per heavy atom. The third-order valence-electron chi connectivity index (χ3n) is 3.50. The van der Waals surface area contributed by atoms with E-state index in [0.29, 0.717) is 15.7 Å². The van der Waals surface area contributed by atoms with Gasteiger partial charge in [-0.1, -0.05) is 53.5 Å². The summed E-state index contributed by atoms with van der Waals surface area (Å²) in [5.41, 5.74) is 1.14. The van der Waals surface area contributed by atoms with Crippen molar-refractivity contribution in [3.05, 3.63) is 64.1 Å². The molecule has 27 heavy (non-hydrogen) atoms. The summed E-state index contributed by atoms with van der Waals surface area (Å²) in [6.45, 7) is 1.08. The minimum atomic E-state index is -1.07. The zero-order valence-corrected chi connectivity index (χ0v) is 16.0. The highest BCUT2D eigenvalue weighted by atomic mass is 35.5. The number of amides is 2. The summed E-state index contributed by atoms with van der Waals surface area (Å²) in [6.07, 6.45) is -0.921. The van der Waals surface area contributed by atoms with Gasteiger partial charge >= 0.3 is 5.97 Å². The number of halogens is 2. The molecule has 0 heterocycles. The van der Waals surface area contributed by atoms with Gasteiger partial charge in [0.05, 0.1) is 17.1 Å². The first-order valence-corrected chi connectivity index (χ1v) is 8.87. The third-order valence-corrected chi connectivity index (χ3v) is 4.07. The molecule has 0 bridgehead atoms. The maximum absolute atomic E-state index is 12.1. The van der Waals surface area contributed by atoms with E-state index in [1.807, 2.05) is 30.3 Å². The molecular formula is C19H18Cl2N2O4. The van der Waals surface area contributed by atoms with Crippen molar-refractivity contribution in [1.82, 2.24) is 5.32 Å². The van der Waals surface area contributed by atoms with Gasteiger partial charge in [0.1, 0.15) is 6.54 Å². The van der Waals surface area contributed by atoms with E-state index in [9.17, 15) is 14.4 Å². The average Bonchev–Trinajstić information content (AvgIpc) is 2.64. The van der Waals surface area contributed by atoms with Crippen LogP contribution in [0, 0.1) is 0 Å². The smallest absolute Gasteiger partial charge is 0.326 e. The van der Waals surface area contributed by atoms with Crippen LogP contribution in [0.3, 0.4) is 0 Å². The SMILES string of the molecule is C[C@H](OC(=O)CNC(=O)Cc1ccccc1)C(=O)Nc1cc(Cl)ccc1Cl. The fourth-order valence-electron chi connectivity index (χ4n) is 2.13. The summed E-state index contributed by atoms with van der Waals surface area (Å²) in [5, 5.41) is 5.70. The first kappa shape index (κ1) is 20.7. The summed E-state index contributed by atoms with van der Waals surface area (Å²) in [7, 11) is 0. The lowest BCUT2D eigenvalue weighted by atomic mass is 10.1. The molecule has 1 atom stereocenters. The predicted molar refractivity (Wildman–Crippen MR) is 104 cm³/mol. The number of benzene rings is 2. The molecule has 2 rings (SSSR count). The van der Waals surface area contributed by atoms with Gasteiger partial charge in [-0.2, -0.15) is 0 Å². The van der Waals surface area contributed by atoms with Gasteiger partial charge in [0.25, 0.3) is 5.91 Å². The topological polar surface area (TPSA) is 84.5 Å². The van der Waals surface area contributed by atoms with Gasteiger partial charge in [-0.25, -0.2) is 0 Å². The van der Waals surface area contributed by atoms with E-state index in [4.69, 9.17) is 27.9 Å². The Labute approximate surface area is 166 Å². The summed E-state index contributed by atoms with van der Waals surface area (Å²) < 4.78 is 5.01. The van der Waals surface area contributed by atoms with Crippen LogP contribution in [0.2, 0.25) is 10.0 Å². The van der Waals surface area contributed by atoms with Gasteiger partial charge in [0.2, 0.25) is 5.91 Å². The molecule has 0 unspecified atom stereocenters. The third kappa shape index (κ3) is 6.92. The molecule has 0 spiro atoms. The van der Waals surface area contributed by atoms with E-state index < -0.39 is 18.0 Å². The molecule has 2 N–H and O–H groups in total. The number of esters is 1. The van der Waals surface area contributed by atoms with Crippen molar-refractivity contribution in [2.24, 2.45) is 0 Å². The lowest BCUT2D eigenvalue weighted by Gasteiger charge is -2.14. The molecule has 0 aromatic heterocycles. The quantitative estimate of drug-likeness (QED) is 0.688. The Morgan fingerprint density at radius 2 is 1.78 bits per heavy atom. The van der Waals surface area contributed by atoms with Crippen LogP contribution in [-0.4, -0.2) is 30.4 Å². The zero-order chi connectivity index (χ0) is 19.8. The number of hydrogen-bond donors (Lipinski definition) is 2. The standard InChI is InChI=1S/C19H18Cl2N2O4/c1-12(19(26)23-16-10-14(20)7-8-15(16)21)27-18(25)11-22-17(24)9-13-5-3-2-4-6-13/h2-8,10,12H,9,11H2,1H3,(H,22,24)(H,23,26)/t12-/m0/s1. The van der Waals surface area contributed by atoms with Gasteiger partial charge in [-0.15, -0.1) is 0 Å². The van der Waals surface area contributed by atoms with E-state index in [-0.39, 0.29) is 18.9 Å². The molecule has 0 aliphatic heterocycles. The molecular weight excluding hydrogens is 391 g/mol. The lowest BCUT2D eigenvalue weighted by molar-refractivity contribution is -0.152. The Kier molecular flexibility index (Phi) is 7.64. The van der Waals surface area contributed by atoms with Crippen LogP contribution < -0.4 is 10.6 Å². The molecule has 2 amide bonds. The molecule has 8 heteroatoms. The van der Waals surface area contributed by atoms with Crippen molar-refractivity contribution < 1.29 is 19.1 Å². The maximum atomic E-state index is 12.1. The number of nitrogens with one attached hydrogen (secondary N) is 2. The van der Waals surface area contributed by atoms with Crippen LogP contribution >= 0.6 is 23.2 Å². The number of rotatable bonds is 7. The second-order valence-corrected chi connectivity index (χ2v) is 6.53. The highest BCUT2D eigenvalue weighted by molar-refractivity contribution is 6.35. The van der Waals surface area contributed by atoms with Crippen LogP contribution in [0.5, 0.6) is 0 Å². The molecule has 0 saturated carbocycles. The normalized spacial score (nSPS) is 11.4. The van der Waals surface area contributed by atoms with Crippen molar-refractivity contribution in [3.8, 4) is 0 Å². The molecule has 0 radical (unpaired) electrons. The van der Waals surface area contributed by atoms with Crippen LogP contribution in [0.1, 0.15) is 12.5 Å². The van der Waals surface area contributed by atoms with E-state index in [1.165, 1.54) is 13.0 Å². The first-order chi connectivity index (χ1) is 12.8. The average molecular weight is 409 g/mol. The molecule has 0 saturated heterocycles. The molecule has 0 fully saturated rings. The Morgan fingerprint density at radius 3 is 2.48 bits per heavy atom. The summed E-state index contributed by atoms with van der Waals surface area (Å²) in [5.74, 6) is -1.61. The van der Waals surface area contributed by atoms with Crippen molar-refractivity contribution in [2.45, 2.75) is 19.4 Å². The Balaban J connectivity index is 1.78.